The summed E-state index contributed by atoms with van der Waals surface area (Å²) in [6.07, 6.45) is 0. The van der Waals surface area contributed by atoms with E-state index in [-0.39, 0.29) is 49.6 Å². The summed E-state index contributed by atoms with van der Waals surface area (Å²) in [5, 5.41) is 12.9. The van der Waals surface area contributed by atoms with Crippen LogP contribution in [0.1, 0.15) is 0 Å². The van der Waals surface area contributed by atoms with Crippen molar-refractivity contribution in [2.24, 2.45) is 0 Å². The molecule has 0 bridgehead atoms. The van der Waals surface area contributed by atoms with Crippen molar-refractivity contribution in [3.63, 3.8) is 0 Å². The van der Waals surface area contributed by atoms with Crippen LogP contribution >= 0.6 is 49.6 Å². The zero-order valence-electron chi connectivity index (χ0n) is 9.29. The second-order valence-corrected chi connectivity index (χ2v) is 3.00. The Balaban J connectivity index is -0.0000000720. The second kappa shape index (κ2) is 21.3. The summed E-state index contributed by atoms with van der Waals surface area (Å²) >= 11 is 0. The highest BCUT2D eigenvalue weighted by Crippen LogP contribution is 1.65. The smallest absolute Gasteiger partial charge is 0.00772 e. The number of piperazine rings is 2. The minimum Gasteiger partial charge on any atom is -0.314 e. The maximum atomic E-state index is 3.22. The third-order valence-corrected chi connectivity index (χ3v) is 1.91. The summed E-state index contributed by atoms with van der Waals surface area (Å²) in [6, 6.07) is 0. The quantitative estimate of drug-likeness (QED) is 0.510. The van der Waals surface area contributed by atoms with E-state index in [1.807, 2.05) is 0 Å². The minimum absolute atomic E-state index is 0. The first kappa shape index (κ1) is 25.8. The largest absolute Gasteiger partial charge is 0.314 e. The number of nitrogens with one attached hydrogen (secondary N) is 4. The molecule has 4 nitrogen and oxygen atoms in total. The van der Waals surface area contributed by atoms with Gasteiger partial charge < -0.3 is 21.3 Å². The predicted octanol–water partition coefficient (Wildman–Crippen LogP) is 0.0456. The van der Waals surface area contributed by atoms with E-state index in [4.69, 9.17) is 0 Å². The zero-order valence-corrected chi connectivity index (χ0v) is 12.6. The molecule has 0 aromatic heterocycles. The molecule has 0 atom stereocenters. The predicted molar refractivity (Wildman–Crippen MR) is 80.5 cm³/mol. The van der Waals surface area contributed by atoms with Crippen molar-refractivity contribution in [2.75, 3.05) is 52.4 Å². The Morgan fingerprint density at radius 3 is 0.500 bits per heavy atom. The van der Waals surface area contributed by atoms with Gasteiger partial charge in [0.15, 0.2) is 0 Å². The summed E-state index contributed by atoms with van der Waals surface area (Å²) in [4.78, 5) is 0. The Morgan fingerprint density at radius 1 is 0.312 bits per heavy atom. The molecule has 104 valence electrons. The van der Waals surface area contributed by atoms with Crippen molar-refractivity contribution in [2.45, 2.75) is 0 Å². The molecule has 16 heavy (non-hydrogen) atoms. The molecular formula is C8H24Cl4N4. The molecule has 8 heteroatoms. The normalized spacial score (nSPS) is 18.0. The molecular weight excluding hydrogens is 294 g/mol. The van der Waals surface area contributed by atoms with Crippen molar-refractivity contribution in [1.82, 2.24) is 21.3 Å². The molecule has 0 aromatic carbocycles. The van der Waals surface area contributed by atoms with Crippen LogP contribution in [0, 0.1) is 0 Å². The van der Waals surface area contributed by atoms with Crippen molar-refractivity contribution in [3.05, 3.63) is 0 Å². The fourth-order valence-electron chi connectivity index (χ4n) is 1.21. The lowest BCUT2D eigenvalue weighted by molar-refractivity contribution is 0.534. The summed E-state index contributed by atoms with van der Waals surface area (Å²) in [6.45, 7) is 9.11. The second-order valence-electron chi connectivity index (χ2n) is 3.00. The van der Waals surface area contributed by atoms with Gasteiger partial charge in [0, 0.05) is 52.4 Å². The Labute approximate surface area is 123 Å². The molecule has 2 fully saturated rings. The maximum absolute atomic E-state index is 3.22. The van der Waals surface area contributed by atoms with E-state index in [1.165, 1.54) is 0 Å². The van der Waals surface area contributed by atoms with E-state index >= 15 is 0 Å². The molecule has 2 aliphatic rings. The van der Waals surface area contributed by atoms with E-state index in [0.717, 1.165) is 52.4 Å². The average Bonchev–Trinajstić information content (AvgIpc) is 2.24. The van der Waals surface area contributed by atoms with Gasteiger partial charge in [-0.05, 0) is 0 Å². The highest BCUT2D eigenvalue weighted by atomic mass is 35.5. The molecule has 2 heterocycles. The Bertz CT molecular complexity index is 67.0. The molecule has 4 N–H and O–H groups in total. The number of halogens is 4. The van der Waals surface area contributed by atoms with E-state index in [9.17, 15) is 0 Å². The lowest BCUT2D eigenvalue weighted by atomic mass is 10.4. The monoisotopic (exact) mass is 316 g/mol. The van der Waals surface area contributed by atoms with Gasteiger partial charge in [-0.15, -0.1) is 49.6 Å². The SMILES string of the molecule is C1CNCCN1.C1CNCCN1.Cl.Cl.Cl.Cl. The van der Waals surface area contributed by atoms with Crippen LogP contribution in [-0.2, 0) is 0 Å². The molecule has 0 radical (unpaired) electrons. The van der Waals surface area contributed by atoms with Gasteiger partial charge in [0.05, 0.1) is 0 Å². The lowest BCUT2D eigenvalue weighted by Crippen LogP contribution is -2.39. The first-order chi connectivity index (χ1) is 6.00. The van der Waals surface area contributed by atoms with Gasteiger partial charge in [-0.1, -0.05) is 0 Å². The highest BCUT2D eigenvalue weighted by Gasteiger charge is 1.92. The van der Waals surface area contributed by atoms with Crippen molar-refractivity contribution in [3.8, 4) is 0 Å². The van der Waals surface area contributed by atoms with Crippen LogP contribution in [0.3, 0.4) is 0 Å². The van der Waals surface area contributed by atoms with E-state index in [0.29, 0.717) is 0 Å². The number of rotatable bonds is 0. The third kappa shape index (κ3) is 17.4. The topological polar surface area (TPSA) is 48.1 Å². The van der Waals surface area contributed by atoms with E-state index in [1.54, 1.807) is 0 Å². The summed E-state index contributed by atoms with van der Waals surface area (Å²) in [7, 11) is 0. The summed E-state index contributed by atoms with van der Waals surface area (Å²) in [5.41, 5.74) is 0. The fourth-order valence-corrected chi connectivity index (χ4v) is 1.21. The Kier molecular flexibility index (Phi) is 34.3. The molecule has 0 saturated carbocycles. The minimum atomic E-state index is 0. The van der Waals surface area contributed by atoms with Crippen molar-refractivity contribution in [1.29, 1.82) is 0 Å². The molecule has 0 aliphatic carbocycles. The standard InChI is InChI=1S/2C4H10N2.4ClH/c2*1-2-6-4-3-5-1;;;;/h2*5-6H,1-4H2;4*1H. The van der Waals surface area contributed by atoms with Crippen LogP contribution < -0.4 is 21.3 Å². The lowest BCUT2D eigenvalue weighted by Gasteiger charge is -2.11. The van der Waals surface area contributed by atoms with Crippen molar-refractivity contribution < 1.29 is 0 Å². The first-order valence-electron chi connectivity index (χ1n) is 4.83. The van der Waals surface area contributed by atoms with Gasteiger partial charge in [0.1, 0.15) is 0 Å². The number of hydrogen-bond donors (Lipinski definition) is 4. The van der Waals surface area contributed by atoms with Crippen LogP contribution in [0.4, 0.5) is 0 Å². The Hall–Kier alpha value is 1.00. The number of hydrogen-bond acceptors (Lipinski definition) is 4. The van der Waals surface area contributed by atoms with Gasteiger partial charge >= 0.3 is 0 Å². The molecule has 2 saturated heterocycles. The molecule has 0 aromatic rings. The van der Waals surface area contributed by atoms with Gasteiger partial charge in [-0.25, -0.2) is 0 Å². The van der Waals surface area contributed by atoms with Crippen LogP contribution in [0.25, 0.3) is 0 Å². The molecule has 2 aliphatic heterocycles. The van der Waals surface area contributed by atoms with Gasteiger partial charge in [-0.2, -0.15) is 0 Å². The highest BCUT2D eigenvalue weighted by molar-refractivity contribution is 5.86. The van der Waals surface area contributed by atoms with Crippen LogP contribution in [0.5, 0.6) is 0 Å². The fraction of sp³-hybridized carbons (Fsp3) is 1.00. The summed E-state index contributed by atoms with van der Waals surface area (Å²) < 4.78 is 0. The Morgan fingerprint density at radius 2 is 0.438 bits per heavy atom. The molecule has 0 unspecified atom stereocenters. The van der Waals surface area contributed by atoms with E-state index in [2.05, 4.69) is 21.3 Å². The van der Waals surface area contributed by atoms with Crippen LogP contribution in [0.15, 0.2) is 0 Å². The van der Waals surface area contributed by atoms with Crippen LogP contribution in [-0.4, -0.2) is 52.4 Å². The van der Waals surface area contributed by atoms with Gasteiger partial charge in [0.2, 0.25) is 0 Å². The summed E-state index contributed by atoms with van der Waals surface area (Å²) in [5.74, 6) is 0. The van der Waals surface area contributed by atoms with Crippen LogP contribution in [0.2, 0.25) is 0 Å². The van der Waals surface area contributed by atoms with Crippen molar-refractivity contribution >= 4 is 49.6 Å². The van der Waals surface area contributed by atoms with Gasteiger partial charge in [-0.3, -0.25) is 0 Å². The molecule has 0 amide bonds. The molecule has 2 rings (SSSR count). The van der Waals surface area contributed by atoms with E-state index < -0.39 is 0 Å². The zero-order chi connectivity index (χ0) is 8.49. The average molecular weight is 318 g/mol. The maximum Gasteiger partial charge on any atom is 0.00772 e. The molecule has 0 spiro atoms. The first-order valence-corrected chi connectivity index (χ1v) is 4.83. The van der Waals surface area contributed by atoms with Gasteiger partial charge in [0.25, 0.3) is 0 Å². The third-order valence-electron chi connectivity index (χ3n) is 1.91.